The molecule has 1 spiro atoms. The molecule has 1 N–H and O–H groups in total. The summed E-state index contributed by atoms with van der Waals surface area (Å²) in [4.78, 5) is 5.50. The number of hydroxylamine groups is 1. The summed E-state index contributed by atoms with van der Waals surface area (Å²) in [6.45, 7) is 1.41. The normalized spacial score (nSPS) is 25.2. The monoisotopic (exact) mass is 261 g/mol. The van der Waals surface area contributed by atoms with Gasteiger partial charge in [0.2, 0.25) is 0 Å². The lowest BCUT2D eigenvalue weighted by atomic mass is 9.98. The summed E-state index contributed by atoms with van der Waals surface area (Å²) in [5, 5.41) is 0. The van der Waals surface area contributed by atoms with Crippen LogP contribution in [0.15, 0.2) is 30.3 Å². The van der Waals surface area contributed by atoms with Crippen molar-refractivity contribution >= 4 is 0 Å². The fourth-order valence-electron chi connectivity index (χ4n) is 3.29. The van der Waals surface area contributed by atoms with Crippen LogP contribution in [0.2, 0.25) is 0 Å². The minimum absolute atomic E-state index is 0.228. The van der Waals surface area contributed by atoms with Gasteiger partial charge in [0.05, 0.1) is 18.3 Å². The van der Waals surface area contributed by atoms with E-state index in [4.69, 9.17) is 9.57 Å². The van der Waals surface area contributed by atoms with Gasteiger partial charge in [-0.05, 0) is 31.2 Å². The van der Waals surface area contributed by atoms with Crippen LogP contribution in [0.5, 0.6) is 0 Å². The Bertz CT molecular complexity index is 387. The maximum atomic E-state index is 6.22. The van der Waals surface area contributed by atoms with Crippen LogP contribution in [0.3, 0.4) is 0 Å². The third kappa shape index (κ3) is 3.35. The second-order valence-electron chi connectivity index (χ2n) is 5.79. The lowest BCUT2D eigenvalue weighted by Gasteiger charge is -2.23. The molecule has 0 radical (unpaired) electrons. The van der Waals surface area contributed by atoms with E-state index in [0.29, 0.717) is 12.7 Å². The SMILES string of the molecule is c1ccc(CONCC2CCC3(CCCC3)O2)cc1. The molecule has 2 fully saturated rings. The minimum Gasteiger partial charge on any atom is -0.370 e. The molecule has 2 aliphatic rings. The Labute approximate surface area is 115 Å². The smallest absolute Gasteiger partial charge is 0.0933 e. The first-order valence-corrected chi connectivity index (χ1v) is 7.43. The fraction of sp³-hybridized carbons (Fsp3) is 0.625. The Morgan fingerprint density at radius 3 is 2.74 bits per heavy atom. The van der Waals surface area contributed by atoms with Gasteiger partial charge < -0.3 is 4.74 Å². The lowest BCUT2D eigenvalue weighted by Crippen LogP contribution is -2.31. The molecule has 1 heterocycles. The van der Waals surface area contributed by atoms with Gasteiger partial charge in [-0.3, -0.25) is 4.84 Å². The summed E-state index contributed by atoms with van der Waals surface area (Å²) in [6.07, 6.45) is 7.92. The van der Waals surface area contributed by atoms with E-state index in [-0.39, 0.29) is 5.60 Å². The number of nitrogens with one attached hydrogen (secondary N) is 1. The van der Waals surface area contributed by atoms with Crippen LogP contribution in [0.4, 0.5) is 0 Å². The molecular weight excluding hydrogens is 238 g/mol. The predicted octanol–water partition coefficient (Wildman–Crippen LogP) is 3.20. The lowest BCUT2D eigenvalue weighted by molar-refractivity contribution is -0.0601. The van der Waals surface area contributed by atoms with Crippen molar-refractivity contribution in [3.8, 4) is 0 Å². The maximum Gasteiger partial charge on any atom is 0.0933 e. The van der Waals surface area contributed by atoms with Gasteiger partial charge in [-0.15, -0.1) is 0 Å². The van der Waals surface area contributed by atoms with Crippen LogP contribution < -0.4 is 5.48 Å². The third-order valence-electron chi connectivity index (χ3n) is 4.35. The maximum absolute atomic E-state index is 6.22. The summed E-state index contributed by atoms with van der Waals surface area (Å²) in [5.41, 5.74) is 4.47. The first-order chi connectivity index (χ1) is 9.36. The molecule has 1 unspecified atom stereocenters. The highest BCUT2D eigenvalue weighted by Crippen LogP contribution is 2.43. The quantitative estimate of drug-likeness (QED) is 0.652. The molecular formula is C16H23NO2. The number of ether oxygens (including phenoxy) is 1. The van der Waals surface area contributed by atoms with Gasteiger partial charge in [0.15, 0.2) is 0 Å². The molecule has 1 aromatic rings. The first kappa shape index (κ1) is 13.1. The third-order valence-corrected chi connectivity index (χ3v) is 4.35. The van der Waals surface area contributed by atoms with Gasteiger partial charge in [0, 0.05) is 6.54 Å². The second-order valence-corrected chi connectivity index (χ2v) is 5.79. The molecule has 1 aliphatic carbocycles. The van der Waals surface area contributed by atoms with Crippen molar-refractivity contribution in [1.82, 2.24) is 5.48 Å². The van der Waals surface area contributed by atoms with Gasteiger partial charge in [-0.2, -0.15) is 5.48 Å². The Morgan fingerprint density at radius 1 is 1.16 bits per heavy atom. The molecule has 0 aromatic heterocycles. The average Bonchev–Trinajstić information content (AvgIpc) is 3.07. The highest BCUT2D eigenvalue weighted by molar-refractivity contribution is 5.13. The number of benzene rings is 1. The molecule has 1 aliphatic heterocycles. The highest BCUT2D eigenvalue weighted by atomic mass is 16.6. The fourth-order valence-corrected chi connectivity index (χ4v) is 3.29. The van der Waals surface area contributed by atoms with E-state index >= 15 is 0 Å². The Hall–Kier alpha value is -0.900. The summed E-state index contributed by atoms with van der Waals surface area (Å²) < 4.78 is 6.22. The predicted molar refractivity (Wildman–Crippen MR) is 74.5 cm³/mol. The van der Waals surface area contributed by atoms with Gasteiger partial charge >= 0.3 is 0 Å². The molecule has 1 atom stereocenters. The van der Waals surface area contributed by atoms with Crippen molar-refractivity contribution in [2.75, 3.05) is 6.54 Å². The van der Waals surface area contributed by atoms with Crippen molar-refractivity contribution in [2.45, 2.75) is 56.8 Å². The van der Waals surface area contributed by atoms with E-state index in [1.165, 1.54) is 44.1 Å². The van der Waals surface area contributed by atoms with Crippen molar-refractivity contribution in [1.29, 1.82) is 0 Å². The number of hydrogen-bond donors (Lipinski definition) is 1. The summed E-state index contributed by atoms with van der Waals surface area (Å²) in [7, 11) is 0. The molecule has 104 valence electrons. The van der Waals surface area contributed by atoms with Crippen LogP contribution >= 0.6 is 0 Å². The van der Waals surface area contributed by atoms with E-state index in [9.17, 15) is 0 Å². The average molecular weight is 261 g/mol. The molecule has 3 rings (SSSR count). The van der Waals surface area contributed by atoms with Crippen molar-refractivity contribution in [2.24, 2.45) is 0 Å². The molecule has 0 amide bonds. The van der Waals surface area contributed by atoms with Gasteiger partial charge in [0.25, 0.3) is 0 Å². The zero-order chi connectivity index (χ0) is 13.0. The first-order valence-electron chi connectivity index (χ1n) is 7.43. The van der Waals surface area contributed by atoms with E-state index in [2.05, 4.69) is 17.6 Å². The Balaban J connectivity index is 1.35. The topological polar surface area (TPSA) is 30.5 Å². The van der Waals surface area contributed by atoms with Crippen LogP contribution in [0.1, 0.15) is 44.1 Å². The van der Waals surface area contributed by atoms with Crippen molar-refractivity contribution in [3.05, 3.63) is 35.9 Å². The minimum atomic E-state index is 0.228. The molecule has 1 saturated heterocycles. The zero-order valence-electron chi connectivity index (χ0n) is 11.4. The Kier molecular flexibility index (Phi) is 4.16. The summed E-state index contributed by atoms with van der Waals surface area (Å²) >= 11 is 0. The van der Waals surface area contributed by atoms with Crippen LogP contribution in [-0.4, -0.2) is 18.2 Å². The summed E-state index contributed by atoms with van der Waals surface area (Å²) in [6, 6.07) is 10.2. The standard InChI is InChI=1S/C16H23NO2/c1-2-6-14(7-3-1)13-18-17-12-15-8-11-16(19-15)9-4-5-10-16/h1-3,6-7,15,17H,4-5,8-13H2. The Morgan fingerprint density at radius 2 is 1.95 bits per heavy atom. The molecule has 1 saturated carbocycles. The molecule has 3 nitrogen and oxygen atoms in total. The number of hydrogen-bond acceptors (Lipinski definition) is 3. The largest absolute Gasteiger partial charge is 0.370 e. The van der Waals surface area contributed by atoms with Crippen molar-refractivity contribution < 1.29 is 9.57 Å². The summed E-state index contributed by atoms with van der Waals surface area (Å²) in [5.74, 6) is 0. The molecule has 3 heteroatoms. The van der Waals surface area contributed by atoms with Crippen LogP contribution in [0.25, 0.3) is 0 Å². The van der Waals surface area contributed by atoms with Crippen LogP contribution in [0, 0.1) is 0 Å². The number of rotatable bonds is 5. The zero-order valence-corrected chi connectivity index (χ0v) is 11.4. The van der Waals surface area contributed by atoms with E-state index in [1.807, 2.05) is 18.2 Å². The van der Waals surface area contributed by atoms with Crippen molar-refractivity contribution in [3.63, 3.8) is 0 Å². The van der Waals surface area contributed by atoms with E-state index in [1.54, 1.807) is 0 Å². The van der Waals surface area contributed by atoms with Crippen LogP contribution in [-0.2, 0) is 16.2 Å². The van der Waals surface area contributed by atoms with Gasteiger partial charge in [0.1, 0.15) is 0 Å². The molecule has 1 aromatic carbocycles. The second kappa shape index (κ2) is 6.04. The van der Waals surface area contributed by atoms with Gasteiger partial charge in [-0.1, -0.05) is 43.2 Å². The molecule has 0 bridgehead atoms. The highest BCUT2D eigenvalue weighted by Gasteiger charge is 2.41. The van der Waals surface area contributed by atoms with Gasteiger partial charge in [-0.25, -0.2) is 0 Å². The molecule has 19 heavy (non-hydrogen) atoms. The van der Waals surface area contributed by atoms with E-state index in [0.717, 1.165) is 6.54 Å². The van der Waals surface area contributed by atoms with E-state index < -0.39 is 0 Å².